The zero-order chi connectivity index (χ0) is 13.0. The number of nitrogens with two attached hydrogens (primary N) is 1. The van der Waals surface area contributed by atoms with Crippen molar-refractivity contribution in [3.8, 4) is 0 Å². The highest BCUT2D eigenvalue weighted by atomic mass is 16.5. The fraction of sp³-hybridized carbons (Fsp3) is 0.500. The molecular formula is C12H17N3O3. The first-order valence-corrected chi connectivity index (χ1v) is 5.88. The van der Waals surface area contributed by atoms with Gasteiger partial charge in [-0.2, -0.15) is 0 Å². The van der Waals surface area contributed by atoms with E-state index in [4.69, 9.17) is 10.5 Å². The minimum atomic E-state index is -0.566. The monoisotopic (exact) mass is 251 g/mol. The number of hydrogen-bond donors (Lipinski definition) is 3. The highest BCUT2D eigenvalue weighted by Crippen LogP contribution is 2.25. The summed E-state index contributed by atoms with van der Waals surface area (Å²) >= 11 is 0. The summed E-state index contributed by atoms with van der Waals surface area (Å²) in [6.07, 6.45) is 2.96. The van der Waals surface area contributed by atoms with Gasteiger partial charge in [-0.3, -0.25) is 9.78 Å². The molecular weight excluding hydrogens is 234 g/mol. The third kappa shape index (κ3) is 2.77. The van der Waals surface area contributed by atoms with Gasteiger partial charge in [-0.1, -0.05) is 0 Å². The van der Waals surface area contributed by atoms with Gasteiger partial charge in [0.25, 0.3) is 5.91 Å². The minimum absolute atomic E-state index is 0.0184. The molecule has 6 nitrogen and oxygen atoms in total. The Morgan fingerprint density at radius 1 is 1.56 bits per heavy atom. The van der Waals surface area contributed by atoms with Crippen molar-refractivity contribution >= 4 is 11.6 Å². The van der Waals surface area contributed by atoms with Crippen LogP contribution in [-0.4, -0.2) is 41.4 Å². The second kappa shape index (κ2) is 5.32. The Morgan fingerprint density at radius 3 is 2.89 bits per heavy atom. The van der Waals surface area contributed by atoms with Gasteiger partial charge in [-0.15, -0.1) is 0 Å². The predicted octanol–water partition coefficient (Wildman–Crippen LogP) is 0.134. The van der Waals surface area contributed by atoms with Gasteiger partial charge in [-0.05, 0) is 25.0 Å². The van der Waals surface area contributed by atoms with Crippen molar-refractivity contribution in [1.29, 1.82) is 0 Å². The van der Waals surface area contributed by atoms with Crippen LogP contribution in [0.2, 0.25) is 0 Å². The molecule has 0 spiro atoms. The number of aliphatic hydroxyl groups excluding tert-OH is 1. The fourth-order valence-electron chi connectivity index (χ4n) is 2.03. The van der Waals surface area contributed by atoms with Gasteiger partial charge in [-0.25, -0.2) is 0 Å². The molecule has 1 aromatic heterocycles. The van der Waals surface area contributed by atoms with Crippen molar-refractivity contribution in [2.45, 2.75) is 18.4 Å². The largest absolute Gasteiger partial charge is 0.394 e. The quantitative estimate of drug-likeness (QED) is 0.707. The summed E-state index contributed by atoms with van der Waals surface area (Å²) in [5.74, 6) is -0.566. The summed E-state index contributed by atoms with van der Waals surface area (Å²) in [6.45, 7) is 1.24. The number of carbonyl (C=O) groups is 1. The van der Waals surface area contributed by atoms with Crippen LogP contribution in [0.25, 0.3) is 0 Å². The van der Waals surface area contributed by atoms with Gasteiger partial charge in [0.2, 0.25) is 0 Å². The van der Waals surface area contributed by atoms with Crippen molar-refractivity contribution in [1.82, 2.24) is 4.98 Å². The first-order chi connectivity index (χ1) is 8.65. The zero-order valence-corrected chi connectivity index (χ0v) is 10.1. The van der Waals surface area contributed by atoms with Crippen molar-refractivity contribution in [2.24, 2.45) is 5.73 Å². The van der Waals surface area contributed by atoms with Crippen LogP contribution in [0, 0.1) is 0 Å². The van der Waals surface area contributed by atoms with Gasteiger partial charge in [0, 0.05) is 25.1 Å². The van der Waals surface area contributed by atoms with Gasteiger partial charge >= 0.3 is 0 Å². The summed E-state index contributed by atoms with van der Waals surface area (Å²) < 4.78 is 5.29. The molecule has 1 aliphatic heterocycles. The number of nitrogens with one attached hydrogen (secondary N) is 1. The number of anilines is 1. The lowest BCUT2D eigenvalue weighted by Gasteiger charge is -2.37. The Bertz CT molecular complexity index is 430. The molecule has 0 atom stereocenters. The molecule has 0 radical (unpaired) electrons. The lowest BCUT2D eigenvalue weighted by molar-refractivity contribution is 0.0380. The molecule has 1 saturated heterocycles. The number of amides is 1. The third-order valence-corrected chi connectivity index (χ3v) is 3.17. The highest BCUT2D eigenvalue weighted by molar-refractivity contribution is 5.91. The molecule has 2 rings (SSSR count). The first-order valence-electron chi connectivity index (χ1n) is 5.88. The maximum absolute atomic E-state index is 11.1. The molecule has 1 aromatic rings. The van der Waals surface area contributed by atoms with Crippen LogP contribution < -0.4 is 11.1 Å². The Morgan fingerprint density at radius 2 is 2.28 bits per heavy atom. The summed E-state index contributed by atoms with van der Waals surface area (Å²) in [4.78, 5) is 14.9. The summed E-state index contributed by atoms with van der Waals surface area (Å²) in [5, 5.41) is 12.8. The van der Waals surface area contributed by atoms with E-state index in [-0.39, 0.29) is 12.3 Å². The molecule has 0 aromatic carbocycles. The van der Waals surface area contributed by atoms with Crippen molar-refractivity contribution < 1.29 is 14.6 Å². The van der Waals surface area contributed by atoms with Crippen LogP contribution in [0.3, 0.4) is 0 Å². The molecule has 98 valence electrons. The van der Waals surface area contributed by atoms with Crippen LogP contribution in [0.15, 0.2) is 18.3 Å². The fourth-order valence-corrected chi connectivity index (χ4v) is 2.03. The topological polar surface area (TPSA) is 97.5 Å². The van der Waals surface area contributed by atoms with E-state index in [2.05, 4.69) is 10.3 Å². The molecule has 4 N–H and O–H groups in total. The Hall–Kier alpha value is -1.66. The smallest absolute Gasteiger partial charge is 0.267 e. The van der Waals surface area contributed by atoms with Crippen molar-refractivity contribution in [3.05, 3.63) is 24.0 Å². The normalized spacial score (nSPS) is 18.3. The lowest BCUT2D eigenvalue weighted by Crippen LogP contribution is -2.46. The van der Waals surface area contributed by atoms with Gasteiger partial charge in [0.15, 0.2) is 0 Å². The first kappa shape index (κ1) is 12.8. The summed E-state index contributed by atoms with van der Waals surface area (Å²) in [7, 11) is 0. The lowest BCUT2D eigenvalue weighted by atomic mass is 9.90. The summed E-state index contributed by atoms with van der Waals surface area (Å²) in [6, 6.07) is 3.34. The molecule has 1 fully saturated rings. The molecule has 1 aliphatic rings. The van der Waals surface area contributed by atoms with Crippen LogP contribution in [-0.2, 0) is 4.74 Å². The van der Waals surface area contributed by atoms with E-state index in [0.29, 0.717) is 13.2 Å². The summed E-state index contributed by atoms with van der Waals surface area (Å²) in [5.41, 5.74) is 5.73. The number of aromatic nitrogens is 1. The average Bonchev–Trinajstić information content (AvgIpc) is 2.40. The maximum atomic E-state index is 11.1. The van der Waals surface area contributed by atoms with E-state index in [1.54, 1.807) is 12.1 Å². The molecule has 0 aliphatic carbocycles. The van der Waals surface area contributed by atoms with E-state index in [9.17, 15) is 9.90 Å². The standard InChI is InChI=1S/C12H17N3O3/c13-11(17)10-7-9(1-4-14-10)15-12(8-16)2-5-18-6-3-12/h1,4,7,16H,2-3,5-6,8H2,(H2,13,17)(H,14,15). The zero-order valence-electron chi connectivity index (χ0n) is 10.1. The number of primary amides is 1. The number of pyridine rings is 1. The Labute approximate surface area is 105 Å². The van der Waals surface area contributed by atoms with E-state index in [0.717, 1.165) is 18.5 Å². The molecule has 0 saturated carbocycles. The average molecular weight is 251 g/mol. The van der Waals surface area contributed by atoms with Crippen LogP contribution >= 0.6 is 0 Å². The van der Waals surface area contributed by atoms with Crippen LogP contribution in [0.4, 0.5) is 5.69 Å². The van der Waals surface area contributed by atoms with Crippen LogP contribution in [0.5, 0.6) is 0 Å². The van der Waals surface area contributed by atoms with E-state index in [1.165, 1.54) is 6.20 Å². The molecule has 0 bridgehead atoms. The molecule has 0 unspecified atom stereocenters. The number of hydrogen-bond acceptors (Lipinski definition) is 5. The van der Waals surface area contributed by atoms with Crippen molar-refractivity contribution in [3.63, 3.8) is 0 Å². The van der Waals surface area contributed by atoms with Gasteiger partial charge in [0.1, 0.15) is 5.69 Å². The minimum Gasteiger partial charge on any atom is -0.394 e. The number of aliphatic hydroxyl groups is 1. The second-order valence-electron chi connectivity index (χ2n) is 4.47. The van der Waals surface area contributed by atoms with Crippen LogP contribution in [0.1, 0.15) is 23.3 Å². The van der Waals surface area contributed by atoms with E-state index < -0.39 is 11.4 Å². The predicted molar refractivity (Wildman–Crippen MR) is 66.2 cm³/mol. The number of carbonyl (C=O) groups excluding carboxylic acids is 1. The van der Waals surface area contributed by atoms with Gasteiger partial charge in [0.05, 0.1) is 12.1 Å². The number of rotatable bonds is 4. The van der Waals surface area contributed by atoms with Gasteiger partial charge < -0.3 is 20.9 Å². The molecule has 6 heteroatoms. The van der Waals surface area contributed by atoms with Crippen molar-refractivity contribution in [2.75, 3.05) is 25.1 Å². The third-order valence-electron chi connectivity index (χ3n) is 3.17. The second-order valence-corrected chi connectivity index (χ2v) is 4.47. The maximum Gasteiger partial charge on any atom is 0.267 e. The SMILES string of the molecule is NC(=O)c1cc(NC2(CO)CCOCC2)ccn1. The highest BCUT2D eigenvalue weighted by Gasteiger charge is 2.31. The number of nitrogens with zero attached hydrogens (tertiary/aromatic N) is 1. The number of ether oxygens (including phenoxy) is 1. The van der Waals surface area contributed by atoms with E-state index in [1.807, 2.05) is 0 Å². The Kier molecular flexibility index (Phi) is 3.78. The Balaban J connectivity index is 2.16. The molecule has 2 heterocycles. The van der Waals surface area contributed by atoms with E-state index >= 15 is 0 Å². The molecule has 18 heavy (non-hydrogen) atoms. The molecule has 1 amide bonds.